The van der Waals surface area contributed by atoms with Crippen molar-refractivity contribution in [2.24, 2.45) is 11.8 Å². The highest BCUT2D eigenvalue weighted by Gasteiger charge is 2.45. The molecule has 52 heavy (non-hydrogen) atoms. The Labute approximate surface area is 310 Å². The minimum absolute atomic E-state index is 0. The molecule has 4 aromatic rings. The SMILES string of the molecule is CC(C)(C)OC(=O)N1C2CCC1CN(c1cc(-c3ccccc3O)nnc1N)C2.Cl.Nc1nnc(-c2ccccc2O)cc1N1CC2CCC(C2)C1. The first-order chi connectivity index (χ1) is 24.4. The number of anilines is 4. The number of hydrogen-bond acceptors (Lipinski definition) is 12. The van der Waals surface area contributed by atoms with E-state index in [0.717, 1.165) is 49.1 Å². The Morgan fingerprint density at radius 2 is 1.15 bits per heavy atom. The summed E-state index contributed by atoms with van der Waals surface area (Å²) in [7, 11) is 0. The molecule has 2 aromatic heterocycles. The van der Waals surface area contributed by atoms with E-state index in [1.54, 1.807) is 30.3 Å². The van der Waals surface area contributed by atoms with Crippen LogP contribution in [0.1, 0.15) is 52.9 Å². The van der Waals surface area contributed by atoms with E-state index in [2.05, 4.69) is 30.2 Å². The average Bonchev–Trinajstić information content (AvgIpc) is 3.58. The van der Waals surface area contributed by atoms with Gasteiger partial charge in [0.2, 0.25) is 0 Å². The van der Waals surface area contributed by atoms with Crippen molar-refractivity contribution in [3.8, 4) is 34.0 Å². The summed E-state index contributed by atoms with van der Waals surface area (Å²) >= 11 is 0. The van der Waals surface area contributed by atoms with Crippen molar-refractivity contribution in [2.75, 3.05) is 47.4 Å². The summed E-state index contributed by atoms with van der Waals surface area (Å²) < 4.78 is 5.61. The first-order valence-corrected chi connectivity index (χ1v) is 17.8. The number of para-hydroxylation sites is 2. The van der Waals surface area contributed by atoms with Gasteiger partial charge in [-0.2, -0.15) is 0 Å². The molecule has 3 aliphatic heterocycles. The summed E-state index contributed by atoms with van der Waals surface area (Å²) in [6.07, 6.45) is 5.62. The first kappa shape index (κ1) is 36.7. The van der Waals surface area contributed by atoms with Gasteiger partial charge in [0.1, 0.15) is 17.1 Å². The smallest absolute Gasteiger partial charge is 0.410 e. The maximum atomic E-state index is 12.7. The van der Waals surface area contributed by atoms with Crippen LogP contribution in [0.15, 0.2) is 60.7 Å². The van der Waals surface area contributed by atoms with Gasteiger partial charge in [0.15, 0.2) is 11.6 Å². The molecule has 0 spiro atoms. The maximum Gasteiger partial charge on any atom is 0.410 e. The number of aromatic nitrogens is 4. The number of phenols is 2. The number of piperazine rings is 1. The molecule has 4 bridgehead atoms. The van der Waals surface area contributed by atoms with E-state index in [9.17, 15) is 15.0 Å². The standard InChI is InChI=1S/C21H27N5O3.C17H20N4O.ClH/c1-21(2,3)29-20(28)26-13-8-9-14(26)12-25(11-13)17-10-16(23-24-19(17)22)15-6-4-5-7-18(15)27;18-17-15(21-9-11-5-6-12(7-11)10-21)8-14(19-20-17)13-3-1-2-4-16(13)22;/h4-7,10,13-14,27H,8-9,11-12H2,1-3H3,(H2,22,24);1-4,8,11-12,22H,5-7,9-10H2,(H2,18,20);1H. The molecule has 4 aliphatic rings. The van der Waals surface area contributed by atoms with Gasteiger partial charge in [-0.25, -0.2) is 4.79 Å². The minimum Gasteiger partial charge on any atom is -0.507 e. The number of hydrogen-bond donors (Lipinski definition) is 4. The predicted octanol–water partition coefficient (Wildman–Crippen LogP) is 6.11. The number of nitrogens with two attached hydrogens (primary N) is 2. The molecule has 6 N–H and O–H groups in total. The molecule has 276 valence electrons. The number of amides is 1. The zero-order valence-corrected chi connectivity index (χ0v) is 30.7. The summed E-state index contributed by atoms with van der Waals surface area (Å²) in [6.45, 7) is 9.06. The third-order valence-corrected chi connectivity index (χ3v) is 10.3. The molecule has 1 saturated carbocycles. The Balaban J connectivity index is 0.000000181. The van der Waals surface area contributed by atoms with Gasteiger partial charge in [-0.15, -0.1) is 32.8 Å². The molecule has 8 rings (SSSR count). The van der Waals surface area contributed by atoms with Crippen LogP contribution in [0.25, 0.3) is 22.5 Å². The van der Waals surface area contributed by atoms with Gasteiger partial charge in [-0.1, -0.05) is 24.3 Å². The highest BCUT2D eigenvalue weighted by Crippen LogP contribution is 2.41. The number of benzene rings is 2. The second kappa shape index (κ2) is 14.9. The van der Waals surface area contributed by atoms with Crippen LogP contribution < -0.4 is 21.3 Å². The molecule has 2 aromatic carbocycles. The molecule has 0 radical (unpaired) electrons. The highest BCUT2D eigenvalue weighted by atomic mass is 35.5. The Hall–Kier alpha value is -5.04. The van der Waals surface area contributed by atoms with Crippen molar-refractivity contribution >= 4 is 41.5 Å². The number of nitrogens with zero attached hydrogens (tertiary/aromatic N) is 7. The lowest BCUT2D eigenvalue weighted by atomic mass is 9.98. The number of carbonyl (C=O) groups is 1. The van der Waals surface area contributed by atoms with Crippen molar-refractivity contribution in [1.29, 1.82) is 0 Å². The molecule has 4 fully saturated rings. The van der Waals surface area contributed by atoms with Crippen LogP contribution in [0.2, 0.25) is 0 Å². The van der Waals surface area contributed by atoms with Gasteiger partial charge in [-0.05, 0) is 101 Å². The van der Waals surface area contributed by atoms with Gasteiger partial charge in [-0.3, -0.25) is 4.90 Å². The number of rotatable bonds is 4. The average molecular weight is 730 g/mol. The van der Waals surface area contributed by atoms with Crippen molar-refractivity contribution in [3.63, 3.8) is 0 Å². The van der Waals surface area contributed by atoms with Crippen molar-refractivity contribution < 1.29 is 19.7 Å². The zero-order valence-electron chi connectivity index (χ0n) is 29.9. The Morgan fingerprint density at radius 1 is 0.712 bits per heavy atom. The molecule has 1 amide bonds. The summed E-state index contributed by atoms with van der Waals surface area (Å²) in [5.74, 6) is 2.73. The van der Waals surface area contributed by atoms with Crippen LogP contribution >= 0.6 is 12.4 Å². The summed E-state index contributed by atoms with van der Waals surface area (Å²) in [5, 5.41) is 36.7. The van der Waals surface area contributed by atoms with E-state index in [1.165, 1.54) is 19.3 Å². The fraction of sp³-hybridized carbons (Fsp3) is 0.447. The van der Waals surface area contributed by atoms with Gasteiger partial charge in [0, 0.05) is 37.3 Å². The van der Waals surface area contributed by atoms with E-state index in [-0.39, 0.29) is 42.1 Å². The molecular formula is C38H48ClN9O4. The number of aromatic hydroxyl groups is 2. The minimum atomic E-state index is -0.514. The lowest BCUT2D eigenvalue weighted by molar-refractivity contribution is 0.0123. The third kappa shape index (κ3) is 7.74. The van der Waals surface area contributed by atoms with Crippen LogP contribution in [-0.2, 0) is 4.74 Å². The number of fused-ring (bicyclic) bond motifs is 4. The monoisotopic (exact) mass is 729 g/mol. The first-order valence-electron chi connectivity index (χ1n) is 17.8. The summed E-state index contributed by atoms with van der Waals surface area (Å²) in [5.41, 5.74) is 16.0. The Morgan fingerprint density at radius 3 is 1.60 bits per heavy atom. The molecule has 3 saturated heterocycles. The third-order valence-electron chi connectivity index (χ3n) is 10.3. The molecule has 13 nitrogen and oxygen atoms in total. The largest absolute Gasteiger partial charge is 0.507 e. The van der Waals surface area contributed by atoms with Gasteiger partial charge in [0.25, 0.3) is 0 Å². The molecular weight excluding hydrogens is 682 g/mol. The summed E-state index contributed by atoms with van der Waals surface area (Å²) in [4.78, 5) is 19.1. The number of nitrogen functional groups attached to an aromatic ring is 2. The van der Waals surface area contributed by atoms with Crippen LogP contribution in [0, 0.1) is 11.8 Å². The number of piperidine rings is 1. The van der Waals surface area contributed by atoms with Crippen LogP contribution in [0.5, 0.6) is 11.5 Å². The molecule has 1 aliphatic carbocycles. The van der Waals surface area contributed by atoms with E-state index >= 15 is 0 Å². The lowest BCUT2D eigenvalue weighted by Crippen LogP contribution is -2.57. The van der Waals surface area contributed by atoms with Crippen LogP contribution in [0.4, 0.5) is 27.8 Å². The van der Waals surface area contributed by atoms with Crippen LogP contribution in [-0.4, -0.2) is 85.5 Å². The summed E-state index contributed by atoms with van der Waals surface area (Å²) in [6, 6.07) is 18.2. The molecule has 4 unspecified atom stereocenters. The Bertz CT molecular complexity index is 1880. The van der Waals surface area contributed by atoms with Crippen molar-refractivity contribution in [2.45, 2.75) is 70.6 Å². The molecule has 14 heteroatoms. The van der Waals surface area contributed by atoms with Gasteiger partial charge >= 0.3 is 6.09 Å². The molecule has 5 heterocycles. The number of ether oxygens (including phenoxy) is 1. The van der Waals surface area contributed by atoms with Gasteiger partial charge < -0.3 is 36.2 Å². The van der Waals surface area contributed by atoms with E-state index < -0.39 is 5.60 Å². The second-order valence-corrected chi connectivity index (χ2v) is 15.2. The van der Waals surface area contributed by atoms with Crippen LogP contribution in [0.3, 0.4) is 0 Å². The number of carbonyl (C=O) groups excluding carboxylic acids is 1. The van der Waals surface area contributed by atoms with Gasteiger partial charge in [0.05, 0.1) is 34.8 Å². The fourth-order valence-corrected chi connectivity index (χ4v) is 8.05. The van der Waals surface area contributed by atoms with E-state index in [4.69, 9.17) is 16.2 Å². The topological polar surface area (TPSA) is 180 Å². The predicted molar refractivity (Wildman–Crippen MR) is 204 cm³/mol. The number of halogens is 1. The number of phenolic OH excluding ortho intramolecular Hbond substituents is 2. The highest BCUT2D eigenvalue weighted by molar-refractivity contribution is 5.85. The lowest BCUT2D eigenvalue weighted by Gasteiger charge is -2.42. The maximum absolute atomic E-state index is 12.7. The molecule has 4 atom stereocenters. The van der Waals surface area contributed by atoms with Crippen molar-refractivity contribution in [1.82, 2.24) is 25.3 Å². The van der Waals surface area contributed by atoms with E-state index in [1.807, 2.05) is 56.0 Å². The van der Waals surface area contributed by atoms with Crippen molar-refractivity contribution in [3.05, 3.63) is 60.7 Å². The Kier molecular flexibility index (Phi) is 10.5. The normalized spacial score (nSPS) is 21.9. The van der Waals surface area contributed by atoms with E-state index in [0.29, 0.717) is 47.2 Å². The zero-order chi connectivity index (χ0) is 35.9. The fourth-order valence-electron chi connectivity index (χ4n) is 8.05. The quantitative estimate of drug-likeness (QED) is 0.190. The second-order valence-electron chi connectivity index (χ2n) is 15.2.